The Kier molecular flexibility index (Phi) is 3.15. The number of pyridine rings is 1. The molecular weight excluding hydrogens is 243 g/mol. The second-order valence-electron chi connectivity index (χ2n) is 3.57. The molecule has 88 valence electrons. The van der Waals surface area contributed by atoms with Crippen molar-refractivity contribution in [3.8, 4) is 11.6 Å². The summed E-state index contributed by atoms with van der Waals surface area (Å²) in [4.78, 5) is 3.94. The molecule has 17 heavy (non-hydrogen) atoms. The summed E-state index contributed by atoms with van der Waals surface area (Å²) in [6, 6.07) is 5.79. The first-order chi connectivity index (χ1) is 8.06. The van der Waals surface area contributed by atoms with Gasteiger partial charge in [0.1, 0.15) is 16.6 Å². The van der Waals surface area contributed by atoms with Crippen LogP contribution in [0.15, 0.2) is 30.5 Å². The van der Waals surface area contributed by atoms with Crippen molar-refractivity contribution in [2.45, 2.75) is 6.92 Å². The van der Waals surface area contributed by atoms with E-state index in [2.05, 4.69) is 4.98 Å². The first-order valence-electron chi connectivity index (χ1n) is 4.91. The van der Waals surface area contributed by atoms with Crippen LogP contribution in [0.5, 0.6) is 11.6 Å². The molecule has 2 rings (SSSR count). The molecule has 3 nitrogen and oxygen atoms in total. The molecule has 0 radical (unpaired) electrons. The summed E-state index contributed by atoms with van der Waals surface area (Å²) in [7, 11) is 0. The Bertz CT molecular complexity index is 560. The van der Waals surface area contributed by atoms with Gasteiger partial charge in [-0.15, -0.1) is 0 Å². The molecule has 1 aromatic carbocycles. The van der Waals surface area contributed by atoms with E-state index < -0.39 is 0 Å². The van der Waals surface area contributed by atoms with Gasteiger partial charge in [-0.1, -0.05) is 17.7 Å². The number of nitrogens with zero attached hydrogens (tertiary/aromatic N) is 1. The fraction of sp³-hybridized carbons (Fsp3) is 0.0833. The quantitative estimate of drug-likeness (QED) is 0.889. The SMILES string of the molecule is Cc1ccc(F)cc1Oc1ncc(N)cc1Cl. The van der Waals surface area contributed by atoms with Crippen LogP contribution in [-0.4, -0.2) is 4.98 Å². The maximum absolute atomic E-state index is 13.1. The molecule has 2 N–H and O–H groups in total. The monoisotopic (exact) mass is 252 g/mol. The van der Waals surface area contributed by atoms with E-state index in [4.69, 9.17) is 22.1 Å². The molecule has 0 spiro atoms. The van der Waals surface area contributed by atoms with Gasteiger partial charge in [-0.2, -0.15) is 0 Å². The zero-order chi connectivity index (χ0) is 12.4. The van der Waals surface area contributed by atoms with Gasteiger partial charge >= 0.3 is 0 Å². The Labute approximate surface area is 103 Å². The lowest BCUT2D eigenvalue weighted by Crippen LogP contribution is -1.94. The minimum Gasteiger partial charge on any atom is -0.437 e. The smallest absolute Gasteiger partial charge is 0.238 e. The summed E-state index contributed by atoms with van der Waals surface area (Å²) < 4.78 is 18.5. The molecule has 1 aromatic heterocycles. The lowest BCUT2D eigenvalue weighted by molar-refractivity contribution is 0.455. The molecule has 0 aliphatic heterocycles. The summed E-state index contributed by atoms with van der Waals surface area (Å²) in [5.74, 6) is 0.205. The summed E-state index contributed by atoms with van der Waals surface area (Å²) in [5.41, 5.74) is 6.75. The van der Waals surface area contributed by atoms with E-state index in [0.29, 0.717) is 11.4 Å². The van der Waals surface area contributed by atoms with Gasteiger partial charge in [-0.05, 0) is 24.6 Å². The maximum Gasteiger partial charge on any atom is 0.238 e. The largest absolute Gasteiger partial charge is 0.437 e. The van der Waals surface area contributed by atoms with Crippen LogP contribution >= 0.6 is 11.6 Å². The number of rotatable bonds is 2. The number of benzene rings is 1. The minimum absolute atomic E-state index is 0.203. The number of hydrogen-bond donors (Lipinski definition) is 1. The van der Waals surface area contributed by atoms with Gasteiger partial charge < -0.3 is 10.5 Å². The first kappa shape index (κ1) is 11.7. The second kappa shape index (κ2) is 4.59. The number of aromatic nitrogens is 1. The van der Waals surface area contributed by atoms with E-state index in [9.17, 15) is 4.39 Å². The number of halogens is 2. The highest BCUT2D eigenvalue weighted by atomic mass is 35.5. The molecule has 1 heterocycles. The fourth-order valence-electron chi connectivity index (χ4n) is 1.30. The van der Waals surface area contributed by atoms with Crippen molar-refractivity contribution >= 4 is 17.3 Å². The summed E-state index contributed by atoms with van der Waals surface area (Å²) in [6.07, 6.45) is 1.43. The number of anilines is 1. The molecular formula is C12H10ClFN2O. The van der Waals surface area contributed by atoms with Gasteiger partial charge in [-0.25, -0.2) is 9.37 Å². The maximum atomic E-state index is 13.1. The predicted molar refractivity (Wildman–Crippen MR) is 64.9 cm³/mol. The number of ether oxygens (including phenoxy) is 1. The minimum atomic E-state index is -0.378. The van der Waals surface area contributed by atoms with Crippen LogP contribution in [0.3, 0.4) is 0 Å². The highest BCUT2D eigenvalue weighted by Gasteiger charge is 2.08. The molecule has 0 saturated carbocycles. The van der Waals surface area contributed by atoms with E-state index in [1.807, 2.05) is 0 Å². The molecule has 0 aliphatic carbocycles. The van der Waals surface area contributed by atoms with Crippen molar-refractivity contribution < 1.29 is 9.13 Å². The second-order valence-corrected chi connectivity index (χ2v) is 3.97. The third-order valence-corrected chi connectivity index (χ3v) is 2.46. The van der Waals surface area contributed by atoms with Crippen molar-refractivity contribution in [2.75, 3.05) is 5.73 Å². The summed E-state index contributed by atoms with van der Waals surface area (Å²) in [6.45, 7) is 1.81. The van der Waals surface area contributed by atoms with Crippen molar-refractivity contribution in [1.82, 2.24) is 4.98 Å². The molecule has 0 unspecified atom stereocenters. The topological polar surface area (TPSA) is 48.1 Å². The number of nitrogens with two attached hydrogens (primary N) is 1. The van der Waals surface area contributed by atoms with Gasteiger partial charge in [0.05, 0.1) is 11.9 Å². The van der Waals surface area contributed by atoms with Crippen LogP contribution in [0.2, 0.25) is 5.02 Å². The van der Waals surface area contributed by atoms with Crippen LogP contribution in [0, 0.1) is 12.7 Å². The van der Waals surface area contributed by atoms with Crippen molar-refractivity contribution in [2.24, 2.45) is 0 Å². The predicted octanol–water partition coefficient (Wildman–Crippen LogP) is 3.56. The van der Waals surface area contributed by atoms with E-state index in [1.54, 1.807) is 13.0 Å². The van der Waals surface area contributed by atoms with Crippen LogP contribution in [-0.2, 0) is 0 Å². The Hall–Kier alpha value is -1.81. The molecule has 2 aromatic rings. The van der Waals surface area contributed by atoms with E-state index >= 15 is 0 Å². The molecule has 5 heteroatoms. The average Bonchev–Trinajstić information content (AvgIpc) is 2.27. The Morgan fingerprint density at radius 2 is 2.12 bits per heavy atom. The third-order valence-electron chi connectivity index (χ3n) is 2.19. The van der Waals surface area contributed by atoms with E-state index in [-0.39, 0.29) is 16.7 Å². The Balaban J connectivity index is 2.34. The lowest BCUT2D eigenvalue weighted by Gasteiger charge is -2.09. The van der Waals surface area contributed by atoms with Crippen LogP contribution in [0.4, 0.5) is 10.1 Å². The Morgan fingerprint density at radius 3 is 2.82 bits per heavy atom. The van der Waals surface area contributed by atoms with Crippen molar-refractivity contribution in [1.29, 1.82) is 0 Å². The lowest BCUT2D eigenvalue weighted by atomic mass is 10.2. The van der Waals surface area contributed by atoms with Crippen LogP contribution in [0.1, 0.15) is 5.56 Å². The standard InChI is InChI=1S/C12H10ClFN2O/c1-7-2-3-8(14)4-11(7)17-12-10(13)5-9(15)6-16-12/h2-6H,15H2,1H3. The summed E-state index contributed by atoms with van der Waals surface area (Å²) >= 11 is 5.91. The first-order valence-corrected chi connectivity index (χ1v) is 5.29. The Morgan fingerprint density at radius 1 is 1.35 bits per heavy atom. The van der Waals surface area contributed by atoms with Gasteiger partial charge in [0, 0.05) is 6.07 Å². The molecule has 0 bridgehead atoms. The van der Waals surface area contributed by atoms with Crippen molar-refractivity contribution in [3.63, 3.8) is 0 Å². The van der Waals surface area contributed by atoms with Gasteiger partial charge in [0.2, 0.25) is 5.88 Å². The van der Waals surface area contributed by atoms with Crippen molar-refractivity contribution in [3.05, 3.63) is 46.9 Å². The highest BCUT2D eigenvalue weighted by Crippen LogP contribution is 2.30. The molecule has 0 amide bonds. The number of aryl methyl sites for hydroxylation is 1. The number of hydrogen-bond acceptors (Lipinski definition) is 3. The molecule has 0 saturated heterocycles. The van der Waals surface area contributed by atoms with E-state index in [1.165, 1.54) is 24.4 Å². The zero-order valence-corrected chi connectivity index (χ0v) is 9.83. The highest BCUT2D eigenvalue weighted by molar-refractivity contribution is 6.32. The number of nitrogen functional groups attached to an aromatic ring is 1. The molecule has 0 fully saturated rings. The third kappa shape index (κ3) is 2.65. The summed E-state index contributed by atoms with van der Waals surface area (Å²) in [5, 5.41) is 0.286. The average molecular weight is 253 g/mol. The van der Waals surface area contributed by atoms with Crippen LogP contribution in [0.25, 0.3) is 0 Å². The fourth-order valence-corrected chi connectivity index (χ4v) is 1.52. The van der Waals surface area contributed by atoms with E-state index in [0.717, 1.165) is 5.56 Å². The molecule has 0 atom stereocenters. The zero-order valence-electron chi connectivity index (χ0n) is 9.08. The normalized spacial score (nSPS) is 10.3. The molecule has 0 aliphatic rings. The van der Waals surface area contributed by atoms with Gasteiger partial charge in [0.25, 0.3) is 0 Å². The van der Waals surface area contributed by atoms with Gasteiger partial charge in [-0.3, -0.25) is 0 Å². The van der Waals surface area contributed by atoms with Gasteiger partial charge in [0.15, 0.2) is 0 Å². The van der Waals surface area contributed by atoms with Crippen LogP contribution < -0.4 is 10.5 Å².